The van der Waals surface area contributed by atoms with Crippen LogP contribution >= 0.6 is 11.8 Å². The number of benzene rings is 1. The van der Waals surface area contributed by atoms with Gasteiger partial charge >= 0.3 is 0 Å². The second-order valence-corrected chi connectivity index (χ2v) is 6.50. The molecule has 0 saturated carbocycles. The first-order chi connectivity index (χ1) is 8.66. The normalized spacial score (nSPS) is 21.4. The number of nitrogens with two attached hydrogens (primary N) is 1. The van der Waals surface area contributed by atoms with E-state index in [2.05, 4.69) is 42.8 Å². The average Bonchev–Trinajstić information content (AvgIpc) is 2.90. The Bertz CT molecular complexity index is 357. The summed E-state index contributed by atoms with van der Waals surface area (Å²) in [6.07, 6.45) is 2.58. The summed E-state index contributed by atoms with van der Waals surface area (Å²) in [4.78, 5) is 2.54. The van der Waals surface area contributed by atoms with E-state index >= 15 is 0 Å². The Labute approximate surface area is 115 Å². The fourth-order valence-electron chi connectivity index (χ4n) is 2.44. The van der Waals surface area contributed by atoms with Crippen LogP contribution in [0.5, 0.6) is 0 Å². The van der Waals surface area contributed by atoms with E-state index in [-0.39, 0.29) is 0 Å². The minimum absolute atomic E-state index is 0.613. The van der Waals surface area contributed by atoms with Gasteiger partial charge in [0.2, 0.25) is 0 Å². The van der Waals surface area contributed by atoms with E-state index in [4.69, 9.17) is 5.73 Å². The van der Waals surface area contributed by atoms with Crippen LogP contribution in [0, 0.1) is 0 Å². The monoisotopic (exact) mass is 264 g/mol. The van der Waals surface area contributed by atoms with E-state index in [0.29, 0.717) is 5.92 Å². The van der Waals surface area contributed by atoms with Gasteiger partial charge in [0.25, 0.3) is 0 Å². The second-order valence-electron chi connectivity index (χ2n) is 5.35. The van der Waals surface area contributed by atoms with Crippen molar-refractivity contribution in [3.8, 4) is 0 Å². The standard InChI is InChI=1S/C15H24N2S/c1-12(13-3-5-14(16)6-4-13)7-9-17(2)15-8-10-18-11-15/h3-6,12,15H,7-11,16H2,1-2H3. The zero-order valence-electron chi connectivity index (χ0n) is 11.4. The Morgan fingerprint density at radius 3 is 2.72 bits per heavy atom. The summed E-state index contributed by atoms with van der Waals surface area (Å²) in [6.45, 7) is 3.50. The molecule has 1 aromatic carbocycles. The van der Waals surface area contributed by atoms with Crippen molar-refractivity contribution in [2.24, 2.45) is 0 Å². The van der Waals surface area contributed by atoms with E-state index in [0.717, 1.165) is 11.7 Å². The van der Waals surface area contributed by atoms with Gasteiger partial charge < -0.3 is 10.6 Å². The van der Waals surface area contributed by atoms with Crippen molar-refractivity contribution in [2.75, 3.05) is 30.8 Å². The van der Waals surface area contributed by atoms with Crippen molar-refractivity contribution in [2.45, 2.75) is 31.7 Å². The fraction of sp³-hybridized carbons (Fsp3) is 0.600. The Balaban J connectivity index is 1.80. The number of hydrogen-bond donors (Lipinski definition) is 1. The molecule has 2 unspecified atom stereocenters. The van der Waals surface area contributed by atoms with Crippen LogP contribution in [0.25, 0.3) is 0 Å². The smallest absolute Gasteiger partial charge is 0.0314 e. The molecule has 0 spiro atoms. The first-order valence-electron chi connectivity index (χ1n) is 6.80. The van der Waals surface area contributed by atoms with Crippen molar-refractivity contribution in [1.82, 2.24) is 4.90 Å². The van der Waals surface area contributed by atoms with Crippen LogP contribution in [0.4, 0.5) is 5.69 Å². The molecule has 1 heterocycles. The van der Waals surface area contributed by atoms with Gasteiger partial charge in [-0.25, -0.2) is 0 Å². The van der Waals surface area contributed by atoms with Crippen LogP contribution in [0.2, 0.25) is 0 Å². The number of rotatable bonds is 5. The maximum Gasteiger partial charge on any atom is 0.0314 e. The molecule has 1 aliphatic heterocycles. The van der Waals surface area contributed by atoms with E-state index in [1.165, 1.54) is 36.5 Å². The predicted octanol–water partition coefficient (Wildman–Crippen LogP) is 3.20. The molecule has 2 atom stereocenters. The molecule has 1 saturated heterocycles. The lowest BCUT2D eigenvalue weighted by atomic mass is 9.97. The molecule has 2 nitrogen and oxygen atoms in total. The molecular weight excluding hydrogens is 240 g/mol. The average molecular weight is 264 g/mol. The van der Waals surface area contributed by atoms with Gasteiger partial charge in [0, 0.05) is 17.5 Å². The lowest BCUT2D eigenvalue weighted by Crippen LogP contribution is -2.32. The highest BCUT2D eigenvalue weighted by molar-refractivity contribution is 7.99. The van der Waals surface area contributed by atoms with Crippen molar-refractivity contribution in [1.29, 1.82) is 0 Å². The maximum atomic E-state index is 5.72. The van der Waals surface area contributed by atoms with Crippen molar-refractivity contribution in [3.05, 3.63) is 29.8 Å². The maximum absolute atomic E-state index is 5.72. The first kappa shape index (κ1) is 13.8. The van der Waals surface area contributed by atoms with Gasteiger partial charge in [-0.3, -0.25) is 0 Å². The molecule has 2 rings (SSSR count). The van der Waals surface area contributed by atoms with Crippen LogP contribution in [0.3, 0.4) is 0 Å². The van der Waals surface area contributed by atoms with Crippen LogP contribution in [-0.4, -0.2) is 36.0 Å². The largest absolute Gasteiger partial charge is 0.399 e. The first-order valence-corrected chi connectivity index (χ1v) is 7.95. The van der Waals surface area contributed by atoms with Gasteiger partial charge in [-0.15, -0.1) is 0 Å². The Hall–Kier alpha value is -0.670. The number of thioether (sulfide) groups is 1. The highest BCUT2D eigenvalue weighted by atomic mass is 32.2. The van der Waals surface area contributed by atoms with Gasteiger partial charge in [0.15, 0.2) is 0 Å². The lowest BCUT2D eigenvalue weighted by molar-refractivity contribution is 0.254. The lowest BCUT2D eigenvalue weighted by Gasteiger charge is -2.25. The molecule has 0 aliphatic carbocycles. The summed E-state index contributed by atoms with van der Waals surface area (Å²) in [7, 11) is 2.27. The topological polar surface area (TPSA) is 29.3 Å². The molecule has 1 aliphatic rings. The van der Waals surface area contributed by atoms with Crippen LogP contribution in [-0.2, 0) is 0 Å². The highest BCUT2D eigenvalue weighted by Gasteiger charge is 2.20. The van der Waals surface area contributed by atoms with Gasteiger partial charge in [0.05, 0.1) is 0 Å². The van der Waals surface area contributed by atoms with Gasteiger partial charge in [-0.2, -0.15) is 11.8 Å². The number of nitrogen functional groups attached to an aromatic ring is 1. The van der Waals surface area contributed by atoms with E-state index in [1.54, 1.807) is 0 Å². The molecule has 1 fully saturated rings. The Kier molecular flexibility index (Phi) is 4.95. The third-order valence-corrected chi connectivity index (χ3v) is 5.09. The Morgan fingerprint density at radius 1 is 1.39 bits per heavy atom. The molecule has 2 N–H and O–H groups in total. The summed E-state index contributed by atoms with van der Waals surface area (Å²) >= 11 is 2.09. The number of anilines is 1. The summed E-state index contributed by atoms with van der Waals surface area (Å²) < 4.78 is 0. The second kappa shape index (κ2) is 6.48. The summed E-state index contributed by atoms with van der Waals surface area (Å²) in [5.74, 6) is 3.26. The van der Waals surface area contributed by atoms with Gasteiger partial charge in [-0.1, -0.05) is 19.1 Å². The van der Waals surface area contributed by atoms with Crippen LogP contribution < -0.4 is 5.73 Å². The third kappa shape index (κ3) is 3.66. The number of nitrogens with zero attached hydrogens (tertiary/aromatic N) is 1. The minimum atomic E-state index is 0.613. The van der Waals surface area contributed by atoms with Crippen molar-refractivity contribution in [3.63, 3.8) is 0 Å². The quantitative estimate of drug-likeness (QED) is 0.828. The van der Waals surface area contributed by atoms with Gasteiger partial charge in [-0.05, 0) is 55.8 Å². The fourth-order valence-corrected chi connectivity index (χ4v) is 3.74. The number of hydrogen-bond acceptors (Lipinski definition) is 3. The molecule has 3 heteroatoms. The summed E-state index contributed by atoms with van der Waals surface area (Å²) in [6, 6.07) is 9.12. The third-order valence-electron chi connectivity index (χ3n) is 3.95. The molecule has 0 amide bonds. The molecular formula is C15H24N2S. The molecule has 0 aromatic heterocycles. The van der Waals surface area contributed by atoms with E-state index in [1.807, 2.05) is 12.1 Å². The molecule has 1 aromatic rings. The van der Waals surface area contributed by atoms with Crippen LogP contribution in [0.1, 0.15) is 31.2 Å². The van der Waals surface area contributed by atoms with E-state index in [9.17, 15) is 0 Å². The molecule has 0 bridgehead atoms. The zero-order valence-corrected chi connectivity index (χ0v) is 12.2. The summed E-state index contributed by atoms with van der Waals surface area (Å²) in [5, 5.41) is 0. The minimum Gasteiger partial charge on any atom is -0.399 e. The van der Waals surface area contributed by atoms with Crippen LogP contribution in [0.15, 0.2) is 24.3 Å². The zero-order chi connectivity index (χ0) is 13.0. The Morgan fingerprint density at radius 2 is 2.11 bits per heavy atom. The molecule has 18 heavy (non-hydrogen) atoms. The van der Waals surface area contributed by atoms with Crippen molar-refractivity contribution < 1.29 is 0 Å². The summed E-state index contributed by atoms with van der Waals surface area (Å²) in [5.41, 5.74) is 7.98. The van der Waals surface area contributed by atoms with Crippen molar-refractivity contribution >= 4 is 17.4 Å². The SMILES string of the molecule is CC(CCN(C)C1CCSC1)c1ccc(N)cc1. The van der Waals surface area contributed by atoms with Gasteiger partial charge in [0.1, 0.15) is 0 Å². The molecule has 0 radical (unpaired) electrons. The molecule has 100 valence electrons. The van der Waals surface area contributed by atoms with E-state index < -0.39 is 0 Å². The highest BCUT2D eigenvalue weighted by Crippen LogP contribution is 2.24. The predicted molar refractivity (Wildman–Crippen MR) is 82.2 cm³/mol.